The summed E-state index contributed by atoms with van der Waals surface area (Å²) in [6.07, 6.45) is 3.74. The number of fused-ring (bicyclic) bond motifs is 1. The van der Waals surface area contributed by atoms with Crippen LogP contribution in [0.1, 0.15) is 40.0 Å². The zero-order chi connectivity index (χ0) is 21.7. The summed E-state index contributed by atoms with van der Waals surface area (Å²) in [6.45, 7) is 1.34. The van der Waals surface area contributed by atoms with Crippen LogP contribution in [0, 0.1) is 11.7 Å². The van der Waals surface area contributed by atoms with Gasteiger partial charge in [-0.25, -0.2) is 14.2 Å². The summed E-state index contributed by atoms with van der Waals surface area (Å²) < 4.78 is 14.9. The minimum Gasteiger partial charge on any atom is -0.478 e. The summed E-state index contributed by atoms with van der Waals surface area (Å²) in [7, 11) is 0. The number of nitrogens with zero attached hydrogens (tertiary/aromatic N) is 2. The summed E-state index contributed by atoms with van der Waals surface area (Å²) in [5.74, 6) is -2.03. The van der Waals surface area contributed by atoms with Gasteiger partial charge in [0, 0.05) is 47.4 Å². The highest BCUT2D eigenvalue weighted by Crippen LogP contribution is 2.34. The summed E-state index contributed by atoms with van der Waals surface area (Å²) in [6, 6.07) is 5.75. The number of hydrogen-bond donors (Lipinski definition) is 3. The molecule has 3 heterocycles. The maximum Gasteiger partial charge on any atom is 0.337 e. The number of carboxylic acids is 1. The van der Waals surface area contributed by atoms with Crippen molar-refractivity contribution >= 4 is 34.5 Å². The first kappa shape index (κ1) is 19.2. The molecule has 1 aliphatic carbocycles. The lowest BCUT2D eigenvalue weighted by molar-refractivity contribution is -0.117. The van der Waals surface area contributed by atoms with E-state index >= 15 is 0 Å². The van der Waals surface area contributed by atoms with E-state index < -0.39 is 11.8 Å². The van der Waals surface area contributed by atoms with E-state index in [1.807, 2.05) is 0 Å². The number of halogens is 1. The number of carbonyl (C=O) groups excluding carboxylic acids is 2. The summed E-state index contributed by atoms with van der Waals surface area (Å²) in [5.41, 5.74) is 1.03. The van der Waals surface area contributed by atoms with E-state index in [1.54, 1.807) is 11.0 Å². The van der Waals surface area contributed by atoms with Crippen molar-refractivity contribution in [1.82, 2.24) is 14.9 Å². The minimum atomic E-state index is -1.18. The molecule has 2 amide bonds. The number of nitrogens with one attached hydrogen (secondary N) is 2. The molecule has 2 fully saturated rings. The van der Waals surface area contributed by atoms with Crippen LogP contribution in [0.3, 0.4) is 0 Å². The first-order valence-corrected chi connectivity index (χ1v) is 10.1. The number of amides is 2. The molecule has 1 saturated carbocycles. The standard InChI is InChI=1S/C22H19FN4O4/c23-16-8-12(21(29)27-6-1-7-27)4-5-13(16)17-9-14-15(22(30)31)10-24-19(18(14)25-17)26-20(28)11-2-3-11/h4-5,8-11,25H,1-3,6-7H2,(H,30,31)(H,24,26,28). The highest BCUT2D eigenvalue weighted by atomic mass is 19.1. The van der Waals surface area contributed by atoms with Crippen molar-refractivity contribution in [3.63, 3.8) is 0 Å². The number of aromatic nitrogens is 2. The quantitative estimate of drug-likeness (QED) is 0.584. The average molecular weight is 422 g/mol. The van der Waals surface area contributed by atoms with Crippen molar-refractivity contribution in [3.8, 4) is 11.3 Å². The van der Waals surface area contributed by atoms with Crippen molar-refractivity contribution in [1.29, 1.82) is 0 Å². The van der Waals surface area contributed by atoms with Crippen molar-refractivity contribution in [2.24, 2.45) is 5.92 Å². The largest absolute Gasteiger partial charge is 0.478 e. The van der Waals surface area contributed by atoms with Gasteiger partial charge in [-0.2, -0.15) is 0 Å². The lowest BCUT2D eigenvalue weighted by Crippen LogP contribution is -2.42. The van der Waals surface area contributed by atoms with Gasteiger partial charge in [0.25, 0.3) is 5.91 Å². The van der Waals surface area contributed by atoms with Crippen LogP contribution in [0.15, 0.2) is 30.5 Å². The van der Waals surface area contributed by atoms with Crippen LogP contribution in [0.4, 0.5) is 10.2 Å². The highest BCUT2D eigenvalue weighted by molar-refractivity contribution is 6.09. The topological polar surface area (TPSA) is 115 Å². The Bertz CT molecular complexity index is 1240. The van der Waals surface area contributed by atoms with Gasteiger partial charge >= 0.3 is 5.97 Å². The predicted molar refractivity (Wildman–Crippen MR) is 110 cm³/mol. The molecule has 158 valence electrons. The van der Waals surface area contributed by atoms with E-state index in [4.69, 9.17) is 0 Å². The molecule has 1 saturated heterocycles. The Hall–Kier alpha value is -3.75. The predicted octanol–water partition coefficient (Wildman–Crippen LogP) is 3.26. The number of benzene rings is 1. The third kappa shape index (κ3) is 3.41. The fraction of sp³-hybridized carbons (Fsp3) is 0.273. The molecule has 2 aliphatic rings. The molecule has 0 spiro atoms. The smallest absolute Gasteiger partial charge is 0.337 e. The molecule has 3 aromatic rings. The summed E-state index contributed by atoms with van der Waals surface area (Å²) in [4.78, 5) is 44.9. The number of rotatable bonds is 5. The summed E-state index contributed by atoms with van der Waals surface area (Å²) in [5, 5.41) is 12.5. The van der Waals surface area contributed by atoms with E-state index in [2.05, 4.69) is 15.3 Å². The number of aromatic carboxylic acids is 1. The Kier molecular flexibility index (Phi) is 4.46. The first-order valence-electron chi connectivity index (χ1n) is 10.1. The Balaban J connectivity index is 1.55. The Morgan fingerprint density at radius 3 is 2.58 bits per heavy atom. The second-order valence-corrected chi connectivity index (χ2v) is 7.90. The molecule has 1 aromatic carbocycles. The van der Waals surface area contributed by atoms with Crippen LogP contribution in [-0.2, 0) is 4.79 Å². The van der Waals surface area contributed by atoms with Crippen LogP contribution in [-0.4, -0.2) is 50.8 Å². The van der Waals surface area contributed by atoms with Crippen LogP contribution < -0.4 is 5.32 Å². The number of pyridine rings is 1. The number of H-pyrrole nitrogens is 1. The Labute approximate surface area is 176 Å². The monoisotopic (exact) mass is 422 g/mol. The molecule has 0 atom stereocenters. The zero-order valence-corrected chi connectivity index (χ0v) is 16.4. The number of anilines is 1. The first-order chi connectivity index (χ1) is 14.9. The third-order valence-corrected chi connectivity index (χ3v) is 5.74. The molecule has 3 N–H and O–H groups in total. The van der Waals surface area contributed by atoms with Gasteiger partial charge in [-0.1, -0.05) is 0 Å². The third-order valence-electron chi connectivity index (χ3n) is 5.74. The molecule has 31 heavy (non-hydrogen) atoms. The second kappa shape index (κ2) is 7.19. The van der Waals surface area contributed by atoms with E-state index in [1.165, 1.54) is 24.4 Å². The van der Waals surface area contributed by atoms with Gasteiger partial charge in [0.2, 0.25) is 5.91 Å². The van der Waals surface area contributed by atoms with E-state index in [-0.39, 0.29) is 40.2 Å². The highest BCUT2D eigenvalue weighted by Gasteiger charge is 2.30. The van der Waals surface area contributed by atoms with Gasteiger partial charge in [0.1, 0.15) is 5.82 Å². The van der Waals surface area contributed by atoms with Crippen molar-refractivity contribution in [2.45, 2.75) is 19.3 Å². The molecule has 0 radical (unpaired) electrons. The van der Waals surface area contributed by atoms with Crippen LogP contribution in [0.2, 0.25) is 0 Å². The van der Waals surface area contributed by atoms with Gasteiger partial charge in [-0.3, -0.25) is 9.59 Å². The van der Waals surface area contributed by atoms with Crippen molar-refractivity contribution < 1.29 is 23.9 Å². The van der Waals surface area contributed by atoms with Gasteiger partial charge in [0.05, 0.1) is 11.1 Å². The number of carboxylic acid groups (broad SMARTS) is 1. The van der Waals surface area contributed by atoms with E-state index in [0.717, 1.165) is 19.3 Å². The fourth-order valence-corrected chi connectivity index (χ4v) is 3.66. The molecular weight excluding hydrogens is 403 g/mol. The molecule has 0 bridgehead atoms. The van der Waals surface area contributed by atoms with Gasteiger partial charge in [-0.05, 0) is 43.5 Å². The molecule has 5 rings (SSSR count). The lowest BCUT2D eigenvalue weighted by atomic mass is 10.1. The van der Waals surface area contributed by atoms with E-state index in [9.17, 15) is 23.9 Å². The molecule has 2 aromatic heterocycles. The van der Waals surface area contributed by atoms with Crippen LogP contribution in [0.25, 0.3) is 22.2 Å². The number of carbonyl (C=O) groups is 3. The second-order valence-electron chi connectivity index (χ2n) is 7.90. The molecule has 0 unspecified atom stereocenters. The maximum atomic E-state index is 14.9. The normalized spacial score (nSPS) is 15.6. The number of hydrogen-bond acceptors (Lipinski definition) is 4. The molecule has 1 aliphatic heterocycles. The SMILES string of the molecule is O=C(O)c1cnc(NC(=O)C2CC2)c2[nH]c(-c3ccc(C(=O)N4CCC4)cc3F)cc12. The maximum absolute atomic E-state index is 14.9. The minimum absolute atomic E-state index is 0.0561. The van der Waals surface area contributed by atoms with Gasteiger partial charge in [0.15, 0.2) is 5.82 Å². The molecular formula is C22H19FN4O4. The number of aromatic amines is 1. The van der Waals surface area contributed by atoms with Gasteiger partial charge < -0.3 is 20.3 Å². The molecule has 9 heteroatoms. The summed E-state index contributed by atoms with van der Waals surface area (Å²) >= 11 is 0. The fourth-order valence-electron chi connectivity index (χ4n) is 3.66. The Morgan fingerprint density at radius 2 is 1.97 bits per heavy atom. The zero-order valence-electron chi connectivity index (χ0n) is 16.4. The average Bonchev–Trinajstić information content (AvgIpc) is 3.45. The lowest BCUT2D eigenvalue weighted by Gasteiger charge is -2.30. The van der Waals surface area contributed by atoms with Crippen molar-refractivity contribution in [2.75, 3.05) is 18.4 Å². The van der Waals surface area contributed by atoms with Crippen LogP contribution >= 0.6 is 0 Å². The molecule has 8 nitrogen and oxygen atoms in total. The van der Waals surface area contributed by atoms with Gasteiger partial charge in [-0.15, -0.1) is 0 Å². The van der Waals surface area contributed by atoms with Crippen LogP contribution in [0.5, 0.6) is 0 Å². The van der Waals surface area contributed by atoms with Crippen molar-refractivity contribution in [3.05, 3.63) is 47.4 Å². The van der Waals surface area contributed by atoms with E-state index in [0.29, 0.717) is 29.7 Å². The Morgan fingerprint density at radius 1 is 1.19 bits per heavy atom. The number of likely N-dealkylation sites (tertiary alicyclic amines) is 1.